The largest absolute Gasteiger partial charge is 0.299 e. The molecule has 0 bridgehead atoms. The molecule has 3 aliphatic carbocycles. The van der Waals surface area contributed by atoms with Crippen LogP contribution < -0.4 is 0 Å². The molecule has 0 radical (unpaired) electrons. The first-order chi connectivity index (χ1) is 18.1. The number of allylic oxidation sites excluding steroid dienone is 4. The lowest BCUT2D eigenvalue weighted by Crippen LogP contribution is -2.41. The molecule has 0 saturated carbocycles. The van der Waals surface area contributed by atoms with Crippen molar-refractivity contribution in [2.24, 2.45) is 17.8 Å². The molecule has 0 aliphatic heterocycles. The highest BCUT2D eigenvalue weighted by atomic mass is 16.2. The van der Waals surface area contributed by atoms with Crippen LogP contribution in [0.2, 0.25) is 0 Å². The third kappa shape index (κ3) is 4.34. The number of aryl methyl sites for hydroxylation is 1. The molecular formula is C34H36O4. The summed E-state index contributed by atoms with van der Waals surface area (Å²) in [7, 11) is 0. The van der Waals surface area contributed by atoms with Crippen LogP contribution in [0.15, 0.2) is 58.7 Å². The predicted molar refractivity (Wildman–Crippen MR) is 149 cm³/mol. The zero-order valence-corrected chi connectivity index (χ0v) is 23.1. The van der Waals surface area contributed by atoms with E-state index >= 15 is 0 Å². The van der Waals surface area contributed by atoms with Crippen molar-refractivity contribution in [1.29, 1.82) is 0 Å². The van der Waals surface area contributed by atoms with E-state index < -0.39 is 0 Å². The molecule has 2 aromatic carbocycles. The molecule has 38 heavy (non-hydrogen) atoms. The maximum Gasteiger partial charge on any atom is 0.189 e. The first-order valence-electron chi connectivity index (χ1n) is 13.9. The zero-order chi connectivity index (χ0) is 27.3. The first kappa shape index (κ1) is 26.2. The van der Waals surface area contributed by atoms with Crippen LogP contribution in [0.1, 0.15) is 80.4 Å². The lowest BCUT2D eigenvalue weighted by Gasteiger charge is -2.43. The maximum atomic E-state index is 14.1. The van der Waals surface area contributed by atoms with Gasteiger partial charge in [-0.05, 0) is 93.0 Å². The number of ketones is 4. The monoisotopic (exact) mass is 508 g/mol. The number of carbonyl (C=O) groups is 4. The molecular weight excluding hydrogens is 472 g/mol. The molecule has 0 amide bonds. The third-order valence-corrected chi connectivity index (χ3v) is 8.87. The van der Waals surface area contributed by atoms with Gasteiger partial charge in [-0.2, -0.15) is 0 Å². The maximum absolute atomic E-state index is 14.1. The minimum absolute atomic E-state index is 0.0387. The van der Waals surface area contributed by atoms with Gasteiger partial charge in [0.2, 0.25) is 0 Å². The number of fused-ring (bicyclic) bond motifs is 3. The van der Waals surface area contributed by atoms with Crippen LogP contribution in [0, 0.1) is 24.7 Å². The van der Waals surface area contributed by atoms with Crippen molar-refractivity contribution in [3.8, 4) is 11.1 Å². The Morgan fingerprint density at radius 1 is 0.947 bits per heavy atom. The summed E-state index contributed by atoms with van der Waals surface area (Å²) in [6, 6.07) is 12.3. The Kier molecular flexibility index (Phi) is 6.94. The molecule has 0 N–H and O–H groups in total. The predicted octanol–water partition coefficient (Wildman–Crippen LogP) is 6.76. The minimum atomic E-state index is -0.374. The van der Waals surface area contributed by atoms with E-state index in [1.54, 1.807) is 0 Å². The van der Waals surface area contributed by atoms with Crippen LogP contribution in [-0.4, -0.2) is 23.1 Å². The van der Waals surface area contributed by atoms with Gasteiger partial charge in [0.05, 0.1) is 5.57 Å². The Balaban J connectivity index is 1.53. The number of hydrogen-bond acceptors (Lipinski definition) is 4. The number of carbonyl (C=O) groups excluding carboxylic acids is 4. The molecule has 0 fully saturated rings. The van der Waals surface area contributed by atoms with Crippen molar-refractivity contribution in [2.45, 2.75) is 73.1 Å². The summed E-state index contributed by atoms with van der Waals surface area (Å²) < 4.78 is 0. The fourth-order valence-corrected chi connectivity index (χ4v) is 7.30. The van der Waals surface area contributed by atoms with E-state index in [1.165, 1.54) is 6.92 Å². The molecule has 4 heteroatoms. The van der Waals surface area contributed by atoms with Gasteiger partial charge < -0.3 is 0 Å². The molecule has 0 saturated heterocycles. The summed E-state index contributed by atoms with van der Waals surface area (Å²) in [6.07, 6.45) is 4.19. The van der Waals surface area contributed by atoms with Crippen molar-refractivity contribution >= 4 is 23.1 Å². The van der Waals surface area contributed by atoms with Gasteiger partial charge in [0, 0.05) is 29.9 Å². The number of Topliss-reactive ketones (excluding diaryl/α,β-unsaturated/α-hetero) is 4. The van der Waals surface area contributed by atoms with Crippen molar-refractivity contribution in [1.82, 2.24) is 0 Å². The lowest BCUT2D eigenvalue weighted by atomic mass is 9.59. The van der Waals surface area contributed by atoms with Gasteiger partial charge in [0.25, 0.3) is 0 Å². The number of rotatable bonds is 6. The second kappa shape index (κ2) is 10.1. The van der Waals surface area contributed by atoms with Crippen LogP contribution in [0.5, 0.6) is 0 Å². The van der Waals surface area contributed by atoms with Crippen molar-refractivity contribution in [3.63, 3.8) is 0 Å². The molecule has 2 aromatic rings. The van der Waals surface area contributed by atoms with Gasteiger partial charge in [0.15, 0.2) is 17.3 Å². The summed E-state index contributed by atoms with van der Waals surface area (Å²) in [6.45, 7) is 9.31. The number of hydrogen-bond donors (Lipinski definition) is 0. The SMILES string of the molecule is CCCC(=O)Cc1ccc(-c2ccc(C)c3c2CC2CC4CC(C)=C(C(C)=O)C(=O)C4C(C)=C2C3=O)cc1. The zero-order valence-electron chi connectivity index (χ0n) is 23.1. The van der Waals surface area contributed by atoms with E-state index in [9.17, 15) is 19.2 Å². The highest BCUT2D eigenvalue weighted by Crippen LogP contribution is 2.50. The molecule has 3 unspecified atom stereocenters. The summed E-state index contributed by atoms with van der Waals surface area (Å²) in [5.41, 5.74) is 8.81. The molecule has 0 aromatic heterocycles. The second-order valence-electron chi connectivity index (χ2n) is 11.5. The Labute approximate surface area is 225 Å². The van der Waals surface area contributed by atoms with E-state index in [4.69, 9.17) is 0 Å². The van der Waals surface area contributed by atoms with Gasteiger partial charge in [-0.1, -0.05) is 54.5 Å². The van der Waals surface area contributed by atoms with E-state index in [-0.39, 0.29) is 40.9 Å². The molecule has 0 heterocycles. The van der Waals surface area contributed by atoms with Gasteiger partial charge in [-0.25, -0.2) is 0 Å². The topological polar surface area (TPSA) is 68.3 Å². The Morgan fingerprint density at radius 2 is 1.66 bits per heavy atom. The molecule has 3 aliphatic rings. The van der Waals surface area contributed by atoms with E-state index in [0.29, 0.717) is 18.4 Å². The summed E-state index contributed by atoms with van der Waals surface area (Å²) in [5, 5.41) is 0. The van der Waals surface area contributed by atoms with Gasteiger partial charge >= 0.3 is 0 Å². The van der Waals surface area contributed by atoms with Crippen molar-refractivity contribution < 1.29 is 19.2 Å². The smallest absolute Gasteiger partial charge is 0.189 e. The van der Waals surface area contributed by atoms with Crippen molar-refractivity contribution in [2.75, 3.05) is 0 Å². The van der Waals surface area contributed by atoms with E-state index in [1.807, 2.05) is 45.9 Å². The molecule has 0 spiro atoms. The van der Waals surface area contributed by atoms with Crippen LogP contribution in [0.4, 0.5) is 0 Å². The second-order valence-corrected chi connectivity index (χ2v) is 11.5. The highest BCUT2D eigenvalue weighted by molar-refractivity contribution is 6.22. The van der Waals surface area contributed by atoms with Gasteiger partial charge in [-0.3, -0.25) is 19.2 Å². The Morgan fingerprint density at radius 3 is 2.32 bits per heavy atom. The fraction of sp³-hybridized carbons (Fsp3) is 0.412. The molecule has 4 nitrogen and oxygen atoms in total. The molecule has 196 valence electrons. The summed E-state index contributed by atoms with van der Waals surface area (Å²) >= 11 is 0. The first-order valence-corrected chi connectivity index (χ1v) is 13.9. The lowest BCUT2D eigenvalue weighted by molar-refractivity contribution is -0.124. The van der Waals surface area contributed by atoms with Crippen LogP contribution >= 0.6 is 0 Å². The highest BCUT2D eigenvalue weighted by Gasteiger charge is 2.47. The van der Waals surface area contributed by atoms with Crippen LogP contribution in [-0.2, 0) is 27.2 Å². The quantitative estimate of drug-likeness (QED) is 0.404. The average molecular weight is 509 g/mol. The molecule has 5 rings (SSSR count). The molecule has 3 atom stereocenters. The normalized spacial score (nSPS) is 22.7. The van der Waals surface area contributed by atoms with E-state index in [2.05, 4.69) is 18.2 Å². The van der Waals surface area contributed by atoms with Gasteiger partial charge in [0.1, 0.15) is 5.78 Å². The van der Waals surface area contributed by atoms with E-state index in [0.717, 1.165) is 75.8 Å². The summed E-state index contributed by atoms with van der Waals surface area (Å²) in [4.78, 5) is 51.9. The fourth-order valence-electron chi connectivity index (χ4n) is 7.30. The standard InChI is InChI=1S/C34H36O4/c1-6-7-26(36)15-22-9-11-23(12-10-22)27-13-8-18(2)30-28(27)17-25-16-24-14-19(3)29(21(5)35)33(37)31(24)20(4)32(25)34(30)38/h8-13,24-25,31H,6-7,14-17H2,1-5H3. The Hall–Kier alpha value is -3.40. The van der Waals surface area contributed by atoms with Crippen LogP contribution in [0.3, 0.4) is 0 Å². The van der Waals surface area contributed by atoms with Crippen molar-refractivity contribution in [3.05, 3.63) is 80.9 Å². The average Bonchev–Trinajstić information content (AvgIpc) is 2.84. The summed E-state index contributed by atoms with van der Waals surface area (Å²) in [5.74, 6) is -0.157. The van der Waals surface area contributed by atoms with Gasteiger partial charge in [-0.15, -0.1) is 0 Å². The van der Waals surface area contributed by atoms with Crippen LogP contribution in [0.25, 0.3) is 11.1 Å². The Bertz CT molecular complexity index is 1430. The third-order valence-electron chi connectivity index (χ3n) is 8.87. The minimum Gasteiger partial charge on any atom is -0.299 e. The number of benzene rings is 2.